The van der Waals surface area contributed by atoms with E-state index < -0.39 is 0 Å². The van der Waals surface area contributed by atoms with Crippen LogP contribution in [0.15, 0.2) is 30.5 Å². The standard InChI is InChI=1S/C25H31N3O/c29-24(14-25-11-18-7-19(12-25)9-20(8-18)13-25)26-15-17-3-1-4-21(10-17)22-16-28-6-2-5-23(28)27-22/h1,3-4,10,16,18-20H,2,5-9,11-15H2,(H,26,29)/t18-,19+,20?,25?. The number of amides is 1. The van der Waals surface area contributed by atoms with Crippen LogP contribution in [0.1, 0.15) is 62.8 Å². The maximum Gasteiger partial charge on any atom is 0.220 e. The first-order chi connectivity index (χ1) is 14.1. The Hall–Kier alpha value is -2.10. The number of fused-ring (bicyclic) bond motifs is 1. The van der Waals surface area contributed by atoms with Gasteiger partial charge in [-0.15, -0.1) is 0 Å². The van der Waals surface area contributed by atoms with Crippen molar-refractivity contribution in [2.45, 2.75) is 70.9 Å². The second kappa shape index (κ2) is 6.72. The van der Waals surface area contributed by atoms with Crippen LogP contribution >= 0.6 is 0 Å². The fourth-order valence-electron chi connectivity index (χ4n) is 7.34. The van der Waals surface area contributed by atoms with Crippen molar-refractivity contribution in [3.8, 4) is 11.3 Å². The zero-order valence-corrected chi connectivity index (χ0v) is 17.2. The number of hydrogen-bond acceptors (Lipinski definition) is 2. The number of aromatic nitrogens is 2. The van der Waals surface area contributed by atoms with Crippen LogP contribution < -0.4 is 5.32 Å². The van der Waals surface area contributed by atoms with Crippen molar-refractivity contribution in [1.82, 2.24) is 14.9 Å². The maximum absolute atomic E-state index is 12.8. The number of aryl methyl sites for hydroxylation is 2. The van der Waals surface area contributed by atoms with Crippen molar-refractivity contribution >= 4 is 5.91 Å². The number of carbonyl (C=O) groups is 1. The van der Waals surface area contributed by atoms with Gasteiger partial charge >= 0.3 is 0 Å². The lowest BCUT2D eigenvalue weighted by Gasteiger charge is -2.56. The van der Waals surface area contributed by atoms with Crippen LogP contribution in [-0.2, 0) is 24.3 Å². The van der Waals surface area contributed by atoms with Gasteiger partial charge in [0.05, 0.1) is 5.69 Å². The van der Waals surface area contributed by atoms with E-state index in [1.165, 1.54) is 50.8 Å². The molecule has 2 aromatic rings. The predicted octanol–water partition coefficient (Wildman–Crippen LogP) is 4.72. The summed E-state index contributed by atoms with van der Waals surface area (Å²) >= 11 is 0. The monoisotopic (exact) mass is 389 g/mol. The summed E-state index contributed by atoms with van der Waals surface area (Å²) in [6, 6.07) is 8.50. The number of nitrogens with zero attached hydrogens (tertiary/aromatic N) is 2. The minimum absolute atomic E-state index is 0.248. The van der Waals surface area contributed by atoms with Crippen LogP contribution in [0.25, 0.3) is 11.3 Å². The molecule has 4 aliphatic carbocycles. The highest BCUT2D eigenvalue weighted by Gasteiger charge is 2.51. The molecule has 1 aromatic heterocycles. The van der Waals surface area contributed by atoms with Gasteiger partial charge in [0, 0.05) is 37.7 Å². The van der Waals surface area contributed by atoms with Gasteiger partial charge in [0.2, 0.25) is 5.91 Å². The summed E-state index contributed by atoms with van der Waals surface area (Å²) in [5.74, 6) is 4.17. The lowest BCUT2D eigenvalue weighted by atomic mass is 9.49. The van der Waals surface area contributed by atoms with E-state index in [1.807, 2.05) is 0 Å². The van der Waals surface area contributed by atoms with Crippen LogP contribution in [0.4, 0.5) is 0 Å². The summed E-state index contributed by atoms with van der Waals surface area (Å²) in [6.45, 7) is 1.70. The summed E-state index contributed by atoms with van der Waals surface area (Å²) in [4.78, 5) is 17.6. The molecule has 0 unspecified atom stereocenters. The summed E-state index contributed by atoms with van der Waals surface area (Å²) in [5, 5.41) is 3.23. The first-order valence-corrected chi connectivity index (χ1v) is 11.6. The molecular formula is C25H31N3O. The zero-order valence-electron chi connectivity index (χ0n) is 17.2. The lowest BCUT2D eigenvalue weighted by molar-refractivity contribution is -0.129. The Morgan fingerprint density at radius 2 is 1.90 bits per heavy atom. The summed E-state index contributed by atoms with van der Waals surface area (Å²) in [5.41, 5.74) is 3.69. The normalized spacial score (nSPS) is 31.8. The molecule has 4 heteroatoms. The van der Waals surface area contributed by atoms with Crippen molar-refractivity contribution in [2.24, 2.45) is 23.2 Å². The maximum atomic E-state index is 12.8. The fraction of sp³-hybridized carbons (Fsp3) is 0.600. The molecule has 4 bridgehead atoms. The number of imidazole rings is 1. The molecule has 1 aliphatic heterocycles. The zero-order chi connectivity index (χ0) is 19.4. The average Bonchev–Trinajstić information content (AvgIpc) is 3.27. The highest BCUT2D eigenvalue weighted by molar-refractivity contribution is 5.76. The van der Waals surface area contributed by atoms with Crippen LogP contribution in [-0.4, -0.2) is 15.5 Å². The molecule has 0 saturated heterocycles. The van der Waals surface area contributed by atoms with E-state index in [1.54, 1.807) is 0 Å². The second-order valence-corrected chi connectivity index (χ2v) is 10.4. The largest absolute Gasteiger partial charge is 0.352 e. The third-order valence-electron chi connectivity index (χ3n) is 8.07. The average molecular weight is 390 g/mol. The quantitative estimate of drug-likeness (QED) is 0.804. The molecule has 0 atom stereocenters. The molecule has 7 rings (SSSR count). The van der Waals surface area contributed by atoms with Gasteiger partial charge in [0.25, 0.3) is 0 Å². The number of benzene rings is 1. The molecule has 0 spiro atoms. The van der Waals surface area contributed by atoms with Gasteiger partial charge in [-0.25, -0.2) is 4.98 Å². The molecular weight excluding hydrogens is 358 g/mol. The topological polar surface area (TPSA) is 46.9 Å². The number of nitrogens with one attached hydrogen (secondary N) is 1. The predicted molar refractivity (Wildman–Crippen MR) is 113 cm³/mol. The Kier molecular flexibility index (Phi) is 4.11. The highest BCUT2D eigenvalue weighted by atomic mass is 16.1. The van der Waals surface area contributed by atoms with Gasteiger partial charge in [-0.1, -0.05) is 18.2 Å². The molecule has 152 valence electrons. The molecule has 1 N–H and O–H groups in total. The van der Waals surface area contributed by atoms with Gasteiger partial charge in [-0.05, 0) is 79.7 Å². The fourth-order valence-corrected chi connectivity index (χ4v) is 7.34. The van der Waals surface area contributed by atoms with Crippen molar-refractivity contribution in [2.75, 3.05) is 0 Å². The van der Waals surface area contributed by atoms with Gasteiger partial charge in [0.1, 0.15) is 5.82 Å². The van der Waals surface area contributed by atoms with E-state index in [9.17, 15) is 4.79 Å². The van der Waals surface area contributed by atoms with Gasteiger partial charge < -0.3 is 9.88 Å². The van der Waals surface area contributed by atoms with Crippen molar-refractivity contribution < 1.29 is 4.79 Å². The van der Waals surface area contributed by atoms with E-state index in [4.69, 9.17) is 4.98 Å². The number of carbonyl (C=O) groups excluding carboxylic acids is 1. The molecule has 1 aromatic carbocycles. The molecule has 29 heavy (non-hydrogen) atoms. The van der Waals surface area contributed by atoms with Gasteiger partial charge in [-0.3, -0.25) is 4.79 Å². The van der Waals surface area contributed by atoms with E-state index in [-0.39, 0.29) is 5.91 Å². The first-order valence-electron chi connectivity index (χ1n) is 11.6. The summed E-state index contributed by atoms with van der Waals surface area (Å²) < 4.78 is 2.27. The minimum atomic E-state index is 0.248. The summed E-state index contributed by atoms with van der Waals surface area (Å²) in [7, 11) is 0. The van der Waals surface area contributed by atoms with Crippen LogP contribution in [0.3, 0.4) is 0 Å². The van der Waals surface area contributed by atoms with E-state index in [2.05, 4.69) is 40.3 Å². The van der Waals surface area contributed by atoms with E-state index in [0.29, 0.717) is 12.0 Å². The van der Waals surface area contributed by atoms with Crippen molar-refractivity contribution in [1.29, 1.82) is 0 Å². The van der Waals surface area contributed by atoms with Crippen LogP contribution in [0, 0.1) is 23.2 Å². The van der Waals surface area contributed by atoms with E-state index >= 15 is 0 Å². The van der Waals surface area contributed by atoms with Gasteiger partial charge in [-0.2, -0.15) is 0 Å². The van der Waals surface area contributed by atoms with Crippen molar-refractivity contribution in [3.05, 3.63) is 41.9 Å². The molecule has 4 fully saturated rings. The first kappa shape index (κ1) is 17.7. The third-order valence-corrected chi connectivity index (χ3v) is 8.07. The molecule has 4 nitrogen and oxygen atoms in total. The highest BCUT2D eigenvalue weighted by Crippen LogP contribution is 2.61. The Balaban J connectivity index is 1.10. The Labute approximate surface area is 173 Å². The smallest absolute Gasteiger partial charge is 0.220 e. The van der Waals surface area contributed by atoms with Crippen molar-refractivity contribution in [3.63, 3.8) is 0 Å². The molecule has 0 radical (unpaired) electrons. The number of rotatable bonds is 5. The molecule has 1 amide bonds. The van der Waals surface area contributed by atoms with Crippen LogP contribution in [0.5, 0.6) is 0 Å². The summed E-state index contributed by atoms with van der Waals surface area (Å²) in [6.07, 6.45) is 13.4. The number of hydrogen-bond donors (Lipinski definition) is 1. The minimum Gasteiger partial charge on any atom is -0.352 e. The Morgan fingerprint density at radius 3 is 2.62 bits per heavy atom. The molecule has 2 heterocycles. The SMILES string of the molecule is O=C(CC12CC3C[C@H](C1)C[C@@H](C3)C2)NCc1cccc(-c2cn3c(n2)CCC3)c1. The second-order valence-electron chi connectivity index (χ2n) is 10.4. The Bertz CT molecular complexity index is 887. The van der Waals surface area contributed by atoms with Crippen LogP contribution in [0.2, 0.25) is 0 Å². The third kappa shape index (κ3) is 3.31. The molecule has 5 aliphatic rings. The Morgan fingerprint density at radius 1 is 1.14 bits per heavy atom. The lowest BCUT2D eigenvalue weighted by Crippen LogP contribution is -2.47. The molecule has 4 saturated carbocycles. The van der Waals surface area contributed by atoms with Gasteiger partial charge in [0.15, 0.2) is 0 Å². The van der Waals surface area contributed by atoms with E-state index in [0.717, 1.165) is 54.0 Å².